The highest BCUT2D eigenvalue weighted by Crippen LogP contribution is 2.34. The van der Waals surface area contributed by atoms with Gasteiger partial charge < -0.3 is 14.8 Å². The maximum absolute atomic E-state index is 12.4. The van der Waals surface area contributed by atoms with Crippen molar-refractivity contribution in [2.75, 3.05) is 19.0 Å². The Morgan fingerprint density at radius 2 is 1.93 bits per heavy atom. The van der Waals surface area contributed by atoms with Gasteiger partial charge in [0.05, 0.1) is 23.0 Å². The number of benzene rings is 3. The van der Waals surface area contributed by atoms with Gasteiger partial charge in [0.2, 0.25) is 0 Å². The fourth-order valence-electron chi connectivity index (χ4n) is 2.97. The van der Waals surface area contributed by atoms with Gasteiger partial charge in [-0.05, 0) is 55.0 Å². The number of carbonyl (C=O) groups excluding carboxylic acids is 1. The van der Waals surface area contributed by atoms with Gasteiger partial charge in [0.15, 0.2) is 6.61 Å². The summed E-state index contributed by atoms with van der Waals surface area (Å²) in [6.45, 7) is 1.89. The van der Waals surface area contributed by atoms with E-state index in [0.29, 0.717) is 17.2 Å². The highest BCUT2D eigenvalue weighted by molar-refractivity contribution is 7.21. The Morgan fingerprint density at radius 3 is 2.72 bits per heavy atom. The van der Waals surface area contributed by atoms with Crippen LogP contribution in [0.3, 0.4) is 0 Å². The van der Waals surface area contributed by atoms with Gasteiger partial charge in [0.1, 0.15) is 16.5 Å². The first-order valence-electron chi connectivity index (χ1n) is 9.16. The van der Waals surface area contributed by atoms with Crippen molar-refractivity contribution < 1.29 is 14.3 Å². The lowest BCUT2D eigenvalue weighted by Crippen LogP contribution is -2.20. The number of nitrogens with zero attached hydrogens (tertiary/aromatic N) is 1. The number of anilines is 1. The van der Waals surface area contributed by atoms with E-state index in [9.17, 15) is 4.79 Å². The van der Waals surface area contributed by atoms with Crippen molar-refractivity contribution in [2.24, 2.45) is 0 Å². The lowest BCUT2D eigenvalue weighted by Gasteiger charge is -2.12. The molecule has 0 unspecified atom stereocenters. The van der Waals surface area contributed by atoms with Crippen LogP contribution >= 0.6 is 11.3 Å². The van der Waals surface area contributed by atoms with E-state index < -0.39 is 0 Å². The Kier molecular flexibility index (Phi) is 5.44. The number of aryl methyl sites for hydroxylation is 1. The van der Waals surface area contributed by atoms with Crippen LogP contribution in [0.5, 0.6) is 11.5 Å². The van der Waals surface area contributed by atoms with Crippen molar-refractivity contribution in [3.05, 3.63) is 72.3 Å². The zero-order chi connectivity index (χ0) is 20.2. The van der Waals surface area contributed by atoms with Crippen LogP contribution in [0.25, 0.3) is 20.8 Å². The molecular formula is C23H20N2O3S. The van der Waals surface area contributed by atoms with E-state index in [0.717, 1.165) is 26.4 Å². The molecule has 0 saturated carbocycles. The molecule has 4 aromatic rings. The van der Waals surface area contributed by atoms with Crippen molar-refractivity contribution in [3.63, 3.8) is 0 Å². The van der Waals surface area contributed by atoms with Gasteiger partial charge in [-0.1, -0.05) is 24.3 Å². The second-order valence-corrected chi connectivity index (χ2v) is 7.59. The fraction of sp³-hybridized carbons (Fsp3) is 0.130. The number of methoxy groups -OCH3 is 1. The Morgan fingerprint density at radius 1 is 1.07 bits per heavy atom. The molecule has 29 heavy (non-hydrogen) atoms. The Hall–Kier alpha value is -3.38. The lowest BCUT2D eigenvalue weighted by molar-refractivity contribution is -0.118. The summed E-state index contributed by atoms with van der Waals surface area (Å²) >= 11 is 1.61. The molecule has 1 N–H and O–H groups in total. The number of ether oxygens (including phenoxy) is 2. The largest absolute Gasteiger partial charge is 0.495 e. The number of thiazole rings is 1. The Balaban J connectivity index is 1.52. The van der Waals surface area contributed by atoms with Gasteiger partial charge >= 0.3 is 0 Å². The molecule has 0 aliphatic heterocycles. The summed E-state index contributed by atoms with van der Waals surface area (Å²) in [6, 6.07) is 21.2. The molecule has 4 rings (SSSR count). The summed E-state index contributed by atoms with van der Waals surface area (Å²) in [5, 5.41) is 3.77. The van der Waals surface area contributed by atoms with E-state index in [-0.39, 0.29) is 12.5 Å². The third kappa shape index (κ3) is 4.38. The molecule has 0 saturated heterocycles. The topological polar surface area (TPSA) is 60.5 Å². The molecule has 0 aliphatic carbocycles. The normalized spacial score (nSPS) is 10.7. The molecule has 0 bridgehead atoms. The molecule has 0 fully saturated rings. The molecule has 3 aromatic carbocycles. The molecule has 1 aromatic heterocycles. The van der Waals surface area contributed by atoms with Crippen molar-refractivity contribution in [2.45, 2.75) is 6.92 Å². The molecule has 0 aliphatic rings. The van der Waals surface area contributed by atoms with E-state index in [1.54, 1.807) is 18.4 Å². The third-order valence-electron chi connectivity index (χ3n) is 4.37. The predicted molar refractivity (Wildman–Crippen MR) is 117 cm³/mol. The van der Waals surface area contributed by atoms with Crippen molar-refractivity contribution in [3.8, 4) is 22.1 Å². The Labute approximate surface area is 172 Å². The monoisotopic (exact) mass is 404 g/mol. The number of carbonyl (C=O) groups is 1. The summed E-state index contributed by atoms with van der Waals surface area (Å²) in [6.07, 6.45) is 0. The molecule has 1 amide bonds. The van der Waals surface area contributed by atoms with E-state index in [2.05, 4.69) is 10.3 Å². The first-order valence-corrected chi connectivity index (χ1v) is 9.97. The number of hydrogen-bond acceptors (Lipinski definition) is 5. The lowest BCUT2D eigenvalue weighted by atomic mass is 10.2. The minimum Gasteiger partial charge on any atom is -0.495 e. The molecule has 0 atom stereocenters. The first kappa shape index (κ1) is 19.0. The number of fused-ring (bicyclic) bond motifs is 1. The number of rotatable bonds is 6. The first-order chi connectivity index (χ1) is 14.1. The fourth-order valence-corrected chi connectivity index (χ4v) is 3.94. The van der Waals surface area contributed by atoms with Crippen molar-refractivity contribution in [1.82, 2.24) is 4.98 Å². The number of aromatic nitrogens is 1. The molecule has 0 spiro atoms. The van der Waals surface area contributed by atoms with Crippen LogP contribution in [0.2, 0.25) is 0 Å². The number of para-hydroxylation sites is 1. The van der Waals surface area contributed by atoms with Crippen molar-refractivity contribution >= 4 is 33.1 Å². The minimum atomic E-state index is -0.258. The molecule has 6 heteroatoms. The van der Waals surface area contributed by atoms with E-state index >= 15 is 0 Å². The van der Waals surface area contributed by atoms with Crippen LogP contribution in [0.15, 0.2) is 66.7 Å². The van der Waals surface area contributed by atoms with Gasteiger partial charge in [-0.25, -0.2) is 4.98 Å². The van der Waals surface area contributed by atoms with Gasteiger partial charge in [0.25, 0.3) is 5.91 Å². The molecule has 146 valence electrons. The van der Waals surface area contributed by atoms with E-state index in [4.69, 9.17) is 9.47 Å². The highest BCUT2D eigenvalue weighted by Gasteiger charge is 2.13. The van der Waals surface area contributed by atoms with Gasteiger partial charge in [0, 0.05) is 5.56 Å². The third-order valence-corrected chi connectivity index (χ3v) is 5.46. The maximum atomic E-state index is 12.4. The van der Waals surface area contributed by atoms with E-state index in [1.807, 2.05) is 73.7 Å². The summed E-state index contributed by atoms with van der Waals surface area (Å²) in [7, 11) is 1.57. The van der Waals surface area contributed by atoms with Gasteiger partial charge in [-0.3, -0.25) is 4.79 Å². The van der Waals surface area contributed by atoms with Gasteiger partial charge in [-0.15, -0.1) is 11.3 Å². The van der Waals surface area contributed by atoms with Gasteiger partial charge in [-0.2, -0.15) is 0 Å². The van der Waals surface area contributed by atoms with Crippen LogP contribution in [-0.4, -0.2) is 24.6 Å². The van der Waals surface area contributed by atoms with Crippen LogP contribution in [0, 0.1) is 6.92 Å². The average Bonchev–Trinajstić information content (AvgIpc) is 3.17. The number of hydrogen-bond donors (Lipinski definition) is 1. The van der Waals surface area contributed by atoms with Crippen LogP contribution in [-0.2, 0) is 4.79 Å². The maximum Gasteiger partial charge on any atom is 0.262 e. The second kappa shape index (κ2) is 8.32. The summed E-state index contributed by atoms with van der Waals surface area (Å²) in [5.41, 5.74) is 3.54. The Bertz CT molecular complexity index is 1140. The van der Waals surface area contributed by atoms with Crippen LogP contribution < -0.4 is 14.8 Å². The SMILES string of the molecule is COc1ccc(-c2nc3ccccc3s2)cc1NC(=O)COc1cccc(C)c1. The molecule has 5 nitrogen and oxygen atoms in total. The van der Waals surface area contributed by atoms with E-state index in [1.165, 1.54) is 0 Å². The molecule has 0 radical (unpaired) electrons. The van der Waals surface area contributed by atoms with Crippen molar-refractivity contribution in [1.29, 1.82) is 0 Å². The average molecular weight is 404 g/mol. The number of amides is 1. The zero-order valence-corrected chi connectivity index (χ0v) is 17.0. The quantitative estimate of drug-likeness (QED) is 0.474. The summed E-state index contributed by atoms with van der Waals surface area (Å²) < 4.78 is 12.1. The smallest absolute Gasteiger partial charge is 0.262 e. The standard InChI is InChI=1S/C23H20N2O3S/c1-15-6-5-7-17(12-15)28-14-22(26)24-19-13-16(10-11-20(19)27-2)23-25-18-8-3-4-9-21(18)29-23/h3-13H,14H2,1-2H3,(H,24,26). The predicted octanol–water partition coefficient (Wildman–Crippen LogP) is 5.30. The number of nitrogens with one attached hydrogen (secondary N) is 1. The minimum absolute atomic E-state index is 0.0853. The van der Waals surface area contributed by atoms with Crippen LogP contribution in [0.1, 0.15) is 5.56 Å². The zero-order valence-electron chi connectivity index (χ0n) is 16.1. The summed E-state index contributed by atoms with van der Waals surface area (Å²) in [4.78, 5) is 17.1. The highest BCUT2D eigenvalue weighted by atomic mass is 32.1. The molecule has 1 heterocycles. The second-order valence-electron chi connectivity index (χ2n) is 6.56. The summed E-state index contributed by atoms with van der Waals surface area (Å²) in [5.74, 6) is 0.986. The molecular weight excluding hydrogens is 384 g/mol. The van der Waals surface area contributed by atoms with Crippen LogP contribution in [0.4, 0.5) is 5.69 Å².